The van der Waals surface area contributed by atoms with Crippen molar-refractivity contribution in [3.8, 4) is 0 Å². The number of carbonyl (C=O) groups excluding carboxylic acids is 3. The molecule has 134 valence electrons. The molecule has 26 heavy (non-hydrogen) atoms. The van der Waals surface area contributed by atoms with Crippen molar-refractivity contribution in [1.29, 1.82) is 0 Å². The van der Waals surface area contributed by atoms with E-state index in [4.69, 9.17) is 5.73 Å². The van der Waals surface area contributed by atoms with Crippen molar-refractivity contribution in [1.82, 2.24) is 9.21 Å². The Balaban J connectivity index is 2.03. The summed E-state index contributed by atoms with van der Waals surface area (Å²) in [5.41, 5.74) is 5.76. The zero-order valence-electron chi connectivity index (χ0n) is 14.0. The fourth-order valence-electron chi connectivity index (χ4n) is 2.63. The third-order valence-electron chi connectivity index (χ3n) is 4.01. The van der Waals surface area contributed by atoms with E-state index in [2.05, 4.69) is 0 Å². The van der Waals surface area contributed by atoms with E-state index in [1.807, 2.05) is 0 Å². The Kier molecular flexibility index (Phi) is 4.13. The summed E-state index contributed by atoms with van der Waals surface area (Å²) in [6, 6.07) is 9.54. The minimum atomic E-state index is -3.77. The van der Waals surface area contributed by atoms with Crippen LogP contribution in [0, 0.1) is 0 Å². The highest BCUT2D eigenvalue weighted by Gasteiger charge is 2.41. The zero-order chi connectivity index (χ0) is 19.2. The highest BCUT2D eigenvalue weighted by molar-refractivity contribution is 7.89. The molecule has 3 amide bonds. The molecule has 2 aromatic rings. The predicted molar refractivity (Wildman–Crippen MR) is 93.0 cm³/mol. The van der Waals surface area contributed by atoms with Gasteiger partial charge in [0.05, 0.1) is 16.0 Å². The van der Waals surface area contributed by atoms with Crippen LogP contribution in [0.1, 0.15) is 31.1 Å². The zero-order valence-corrected chi connectivity index (χ0v) is 14.8. The summed E-state index contributed by atoms with van der Waals surface area (Å²) >= 11 is 0. The van der Waals surface area contributed by atoms with E-state index in [1.54, 1.807) is 0 Å². The molecule has 0 bridgehead atoms. The molecule has 0 aromatic heterocycles. The molecule has 0 atom stereocenters. The monoisotopic (exact) mass is 373 g/mol. The van der Waals surface area contributed by atoms with Crippen molar-refractivity contribution >= 4 is 33.4 Å². The molecule has 0 saturated heterocycles. The SMILES string of the molecule is CN(C)S(=O)(=O)c1cccc(C(=O)N2C(=O)c3cccc(N)c3C2=O)c1. The van der Waals surface area contributed by atoms with Gasteiger partial charge in [-0.2, -0.15) is 0 Å². The largest absolute Gasteiger partial charge is 0.398 e. The summed E-state index contributed by atoms with van der Waals surface area (Å²) < 4.78 is 25.5. The maximum Gasteiger partial charge on any atom is 0.270 e. The fourth-order valence-corrected chi connectivity index (χ4v) is 3.57. The molecule has 1 heterocycles. The first-order chi connectivity index (χ1) is 12.2. The van der Waals surface area contributed by atoms with E-state index in [-0.39, 0.29) is 27.3 Å². The topological polar surface area (TPSA) is 118 Å². The van der Waals surface area contributed by atoms with Crippen LogP contribution in [0.3, 0.4) is 0 Å². The number of amides is 3. The van der Waals surface area contributed by atoms with Crippen LogP contribution in [0.2, 0.25) is 0 Å². The first kappa shape index (κ1) is 17.8. The second kappa shape index (κ2) is 6.04. The smallest absolute Gasteiger partial charge is 0.270 e. The van der Waals surface area contributed by atoms with Gasteiger partial charge in [0.2, 0.25) is 10.0 Å². The number of hydrogen-bond acceptors (Lipinski definition) is 6. The number of anilines is 1. The molecule has 3 rings (SSSR count). The van der Waals surface area contributed by atoms with E-state index in [1.165, 1.54) is 50.5 Å². The number of imide groups is 3. The number of benzene rings is 2. The minimum Gasteiger partial charge on any atom is -0.398 e. The predicted octanol–water partition coefficient (Wildman–Crippen LogP) is 0.956. The number of carbonyl (C=O) groups is 3. The molecule has 1 aliphatic rings. The summed E-state index contributed by atoms with van der Waals surface area (Å²) in [5, 5.41) is 0. The highest BCUT2D eigenvalue weighted by Crippen LogP contribution is 2.29. The van der Waals surface area contributed by atoms with E-state index >= 15 is 0 Å². The van der Waals surface area contributed by atoms with Crippen LogP contribution in [0.25, 0.3) is 0 Å². The van der Waals surface area contributed by atoms with Crippen LogP contribution in [0.5, 0.6) is 0 Å². The van der Waals surface area contributed by atoms with Crippen molar-refractivity contribution < 1.29 is 22.8 Å². The summed E-state index contributed by atoms with van der Waals surface area (Å²) in [6.45, 7) is 0. The lowest BCUT2D eigenvalue weighted by Crippen LogP contribution is -2.36. The van der Waals surface area contributed by atoms with Crippen LogP contribution in [-0.2, 0) is 10.0 Å². The molecule has 0 unspecified atom stereocenters. The summed E-state index contributed by atoms with van der Waals surface area (Å²) in [7, 11) is -1.06. The van der Waals surface area contributed by atoms with Gasteiger partial charge in [0.15, 0.2) is 0 Å². The Morgan fingerprint density at radius 2 is 1.69 bits per heavy atom. The normalized spacial score (nSPS) is 14.0. The molecule has 0 radical (unpaired) electrons. The van der Waals surface area contributed by atoms with Crippen molar-refractivity contribution in [2.45, 2.75) is 4.90 Å². The molecular weight excluding hydrogens is 358 g/mol. The number of nitrogens with two attached hydrogens (primary N) is 1. The van der Waals surface area contributed by atoms with Gasteiger partial charge < -0.3 is 5.73 Å². The molecule has 0 saturated carbocycles. The van der Waals surface area contributed by atoms with Crippen LogP contribution in [0.4, 0.5) is 5.69 Å². The summed E-state index contributed by atoms with van der Waals surface area (Å²) in [4.78, 5) is 38.1. The first-order valence-electron chi connectivity index (χ1n) is 7.50. The van der Waals surface area contributed by atoms with Gasteiger partial charge in [0.25, 0.3) is 17.7 Å². The Labute approximate surface area is 149 Å². The Hall–Kier alpha value is -3.04. The average Bonchev–Trinajstić information content (AvgIpc) is 2.86. The van der Waals surface area contributed by atoms with Crippen molar-refractivity contribution in [3.05, 3.63) is 59.2 Å². The van der Waals surface area contributed by atoms with E-state index in [0.29, 0.717) is 4.90 Å². The number of nitrogens with zero attached hydrogens (tertiary/aromatic N) is 2. The summed E-state index contributed by atoms with van der Waals surface area (Å²) in [5.74, 6) is -2.52. The van der Waals surface area contributed by atoms with Gasteiger partial charge in [0, 0.05) is 25.3 Å². The molecule has 0 spiro atoms. The number of rotatable bonds is 3. The van der Waals surface area contributed by atoms with Gasteiger partial charge in [-0.3, -0.25) is 14.4 Å². The molecule has 2 N–H and O–H groups in total. The van der Waals surface area contributed by atoms with Gasteiger partial charge in [-0.15, -0.1) is 0 Å². The maximum atomic E-state index is 12.7. The van der Waals surface area contributed by atoms with Crippen LogP contribution < -0.4 is 5.73 Å². The third-order valence-corrected chi connectivity index (χ3v) is 5.82. The number of sulfonamides is 1. The summed E-state index contributed by atoms with van der Waals surface area (Å²) in [6.07, 6.45) is 0. The molecule has 1 aliphatic heterocycles. The van der Waals surface area contributed by atoms with E-state index in [9.17, 15) is 22.8 Å². The van der Waals surface area contributed by atoms with Crippen molar-refractivity contribution in [2.24, 2.45) is 0 Å². The standard InChI is InChI=1S/C17H15N3O5S/c1-19(2)26(24,25)11-6-3-5-10(9-11)15(21)20-16(22)12-7-4-8-13(18)14(12)17(20)23/h3-9H,18H2,1-2H3. The fraction of sp³-hybridized carbons (Fsp3) is 0.118. The third kappa shape index (κ3) is 2.57. The van der Waals surface area contributed by atoms with E-state index in [0.717, 1.165) is 10.4 Å². The molecule has 8 nitrogen and oxygen atoms in total. The van der Waals surface area contributed by atoms with Crippen LogP contribution in [0.15, 0.2) is 47.4 Å². The van der Waals surface area contributed by atoms with Gasteiger partial charge in [-0.25, -0.2) is 17.6 Å². The average molecular weight is 373 g/mol. The van der Waals surface area contributed by atoms with Crippen LogP contribution in [-0.4, -0.2) is 49.4 Å². The first-order valence-corrected chi connectivity index (χ1v) is 8.94. The quantitative estimate of drug-likeness (QED) is 0.632. The number of fused-ring (bicyclic) bond motifs is 1. The van der Waals surface area contributed by atoms with Gasteiger partial charge in [-0.1, -0.05) is 12.1 Å². The second-order valence-corrected chi connectivity index (χ2v) is 7.99. The van der Waals surface area contributed by atoms with E-state index < -0.39 is 27.7 Å². The van der Waals surface area contributed by atoms with Gasteiger partial charge >= 0.3 is 0 Å². The van der Waals surface area contributed by atoms with Crippen LogP contribution >= 0.6 is 0 Å². The number of hydrogen-bond donors (Lipinski definition) is 1. The lowest BCUT2D eigenvalue weighted by molar-refractivity contribution is 0.0566. The van der Waals surface area contributed by atoms with Gasteiger partial charge in [0.1, 0.15) is 0 Å². The molecule has 0 aliphatic carbocycles. The Bertz CT molecular complexity index is 1060. The molecule has 2 aromatic carbocycles. The van der Waals surface area contributed by atoms with Gasteiger partial charge in [-0.05, 0) is 30.3 Å². The molecular formula is C17H15N3O5S. The number of nitrogen functional groups attached to an aromatic ring is 1. The van der Waals surface area contributed by atoms with Crippen molar-refractivity contribution in [3.63, 3.8) is 0 Å². The lowest BCUT2D eigenvalue weighted by Gasteiger charge is -2.14. The Morgan fingerprint density at radius 3 is 2.31 bits per heavy atom. The lowest BCUT2D eigenvalue weighted by atomic mass is 10.1. The Morgan fingerprint density at radius 1 is 1.04 bits per heavy atom. The molecule has 9 heteroatoms. The highest BCUT2D eigenvalue weighted by atomic mass is 32.2. The second-order valence-electron chi connectivity index (χ2n) is 5.84. The van der Waals surface area contributed by atoms with Crippen molar-refractivity contribution in [2.75, 3.05) is 19.8 Å². The maximum absolute atomic E-state index is 12.7. The minimum absolute atomic E-state index is 0.0251. The molecule has 0 fully saturated rings.